The molecule has 2 heterocycles. The number of piperazine rings is 1. The van der Waals surface area contributed by atoms with Gasteiger partial charge < -0.3 is 5.32 Å². The number of nitrogens with zero attached hydrogens (tertiary/aromatic N) is 3. The van der Waals surface area contributed by atoms with Crippen LogP contribution in [0.2, 0.25) is 5.02 Å². The summed E-state index contributed by atoms with van der Waals surface area (Å²) in [4.78, 5) is 20.1. The second-order valence-electron chi connectivity index (χ2n) is 6.79. The van der Waals surface area contributed by atoms with Gasteiger partial charge in [-0.25, -0.2) is 9.37 Å². The van der Waals surface area contributed by atoms with E-state index in [2.05, 4.69) is 17.1 Å². The number of rotatable bonds is 6. The quantitative estimate of drug-likeness (QED) is 0.836. The van der Waals surface area contributed by atoms with Crippen LogP contribution in [-0.4, -0.2) is 46.8 Å². The lowest BCUT2D eigenvalue weighted by Crippen LogP contribution is -2.53. The molecule has 5 nitrogen and oxygen atoms in total. The molecular weight excluding hydrogens is 355 g/mol. The van der Waals surface area contributed by atoms with Gasteiger partial charge in [-0.1, -0.05) is 24.9 Å². The van der Waals surface area contributed by atoms with Gasteiger partial charge in [0.05, 0.1) is 16.9 Å². The number of nitrogens with one attached hydrogen (secondary N) is 1. The van der Waals surface area contributed by atoms with Gasteiger partial charge in [-0.2, -0.15) is 0 Å². The first-order valence-electron chi connectivity index (χ1n) is 9.32. The molecule has 1 aliphatic rings. The summed E-state index contributed by atoms with van der Waals surface area (Å²) in [5, 5.41) is 4.28. The van der Waals surface area contributed by atoms with E-state index in [9.17, 15) is 9.18 Å². The zero-order valence-electron chi connectivity index (χ0n) is 15.3. The highest BCUT2D eigenvalue weighted by molar-refractivity contribution is 6.31. The van der Waals surface area contributed by atoms with E-state index in [4.69, 9.17) is 16.6 Å². The lowest BCUT2D eigenvalue weighted by atomic mass is 10.1. The molecule has 1 N–H and O–H groups in total. The molecule has 2 aromatic rings. The van der Waals surface area contributed by atoms with Crippen molar-refractivity contribution in [2.75, 3.05) is 26.3 Å². The van der Waals surface area contributed by atoms with Crippen LogP contribution >= 0.6 is 11.6 Å². The molecule has 0 spiro atoms. The molecule has 1 saturated heterocycles. The molecule has 0 unspecified atom stereocenters. The molecule has 0 radical (unpaired) electrons. The first-order valence-corrected chi connectivity index (χ1v) is 9.70. The van der Waals surface area contributed by atoms with Gasteiger partial charge in [0.1, 0.15) is 12.5 Å². The maximum Gasteiger partial charge on any atom is 0.261 e. The molecule has 26 heavy (non-hydrogen) atoms. The molecule has 1 aromatic heterocycles. The van der Waals surface area contributed by atoms with Crippen molar-refractivity contribution in [2.24, 2.45) is 0 Å². The molecule has 0 amide bonds. The number of halogens is 2. The minimum Gasteiger partial charge on any atom is -0.309 e. The number of benzene rings is 1. The lowest BCUT2D eigenvalue weighted by Gasteiger charge is -2.38. The zero-order valence-corrected chi connectivity index (χ0v) is 16.1. The fraction of sp³-hybridized carbons (Fsp3) is 0.579. The van der Waals surface area contributed by atoms with E-state index in [-0.39, 0.29) is 24.3 Å². The Bertz CT molecular complexity index is 825. The van der Waals surface area contributed by atoms with Crippen molar-refractivity contribution in [3.05, 3.63) is 39.4 Å². The van der Waals surface area contributed by atoms with Crippen molar-refractivity contribution < 1.29 is 4.39 Å². The first-order chi connectivity index (χ1) is 12.6. The van der Waals surface area contributed by atoms with Crippen LogP contribution in [0.3, 0.4) is 0 Å². The van der Waals surface area contributed by atoms with Gasteiger partial charge in [0.2, 0.25) is 0 Å². The molecule has 142 valence electrons. The maximum absolute atomic E-state index is 13.2. The summed E-state index contributed by atoms with van der Waals surface area (Å²) in [6.45, 7) is 6.42. The fourth-order valence-electron chi connectivity index (χ4n) is 3.76. The molecule has 0 saturated carbocycles. The monoisotopic (exact) mass is 380 g/mol. The maximum atomic E-state index is 13.2. The van der Waals surface area contributed by atoms with Crippen LogP contribution in [-0.2, 0) is 6.54 Å². The molecule has 1 fully saturated rings. The summed E-state index contributed by atoms with van der Waals surface area (Å²) in [5.41, 5.74) is 0.602. The third-order valence-electron chi connectivity index (χ3n) is 5.04. The second kappa shape index (κ2) is 8.46. The van der Waals surface area contributed by atoms with Crippen LogP contribution in [0, 0.1) is 0 Å². The number of alkyl halides is 1. The normalized spacial score (nSPS) is 19.8. The van der Waals surface area contributed by atoms with Crippen LogP contribution in [0.5, 0.6) is 0 Å². The van der Waals surface area contributed by atoms with Crippen molar-refractivity contribution in [2.45, 2.75) is 45.3 Å². The van der Waals surface area contributed by atoms with Gasteiger partial charge in [-0.05, 0) is 31.5 Å². The summed E-state index contributed by atoms with van der Waals surface area (Å²) in [6.07, 6.45) is 1.84. The predicted molar refractivity (Wildman–Crippen MR) is 104 cm³/mol. The summed E-state index contributed by atoms with van der Waals surface area (Å²) in [7, 11) is 0. The standard InChI is InChI=1S/C19H26ClFN4O/c1-3-5-17(24-9-8-22-14(11-21)12-24)18-23-16-7-6-13(20)10-15(16)19(26)25(18)4-2/h6-7,10,14,17,22H,3-5,8-9,11-12H2,1-2H3/t14-,17-/m0/s1. The van der Waals surface area contributed by atoms with E-state index in [0.29, 0.717) is 29.0 Å². The van der Waals surface area contributed by atoms with Crippen molar-refractivity contribution in [1.29, 1.82) is 0 Å². The van der Waals surface area contributed by atoms with Crippen LogP contribution in [0.4, 0.5) is 4.39 Å². The van der Waals surface area contributed by atoms with Gasteiger partial charge in [0.25, 0.3) is 5.56 Å². The van der Waals surface area contributed by atoms with E-state index in [1.54, 1.807) is 22.8 Å². The van der Waals surface area contributed by atoms with Crippen LogP contribution in [0.1, 0.15) is 38.6 Å². The largest absolute Gasteiger partial charge is 0.309 e. The highest BCUT2D eigenvalue weighted by Crippen LogP contribution is 2.27. The molecule has 0 aliphatic carbocycles. The van der Waals surface area contributed by atoms with Crippen molar-refractivity contribution in [1.82, 2.24) is 19.8 Å². The smallest absolute Gasteiger partial charge is 0.261 e. The van der Waals surface area contributed by atoms with Crippen LogP contribution in [0.15, 0.2) is 23.0 Å². The number of aromatic nitrogens is 2. The molecule has 0 bridgehead atoms. The van der Waals surface area contributed by atoms with Gasteiger partial charge >= 0.3 is 0 Å². The highest BCUT2D eigenvalue weighted by Gasteiger charge is 2.29. The Balaban J connectivity index is 2.10. The average molecular weight is 381 g/mol. The number of hydrogen-bond acceptors (Lipinski definition) is 4. The Kier molecular flexibility index (Phi) is 6.27. The van der Waals surface area contributed by atoms with E-state index in [1.165, 1.54) is 0 Å². The van der Waals surface area contributed by atoms with E-state index in [1.807, 2.05) is 6.92 Å². The summed E-state index contributed by atoms with van der Waals surface area (Å²) in [5.74, 6) is 0.772. The Labute approximate surface area is 158 Å². The molecule has 2 atom stereocenters. The van der Waals surface area contributed by atoms with E-state index < -0.39 is 0 Å². The molecule has 3 rings (SSSR count). The van der Waals surface area contributed by atoms with Crippen LogP contribution in [0.25, 0.3) is 10.9 Å². The molecule has 1 aliphatic heterocycles. The SMILES string of the molecule is CCC[C@@H](c1nc2ccc(Cl)cc2c(=O)n1CC)N1CCN[C@@H](CF)C1. The lowest BCUT2D eigenvalue weighted by molar-refractivity contribution is 0.117. The van der Waals surface area contributed by atoms with Crippen molar-refractivity contribution >= 4 is 22.5 Å². The summed E-state index contributed by atoms with van der Waals surface area (Å²) in [6, 6.07) is 5.08. The third-order valence-corrected chi connectivity index (χ3v) is 5.27. The topological polar surface area (TPSA) is 50.2 Å². The Morgan fingerprint density at radius 1 is 1.42 bits per heavy atom. The first kappa shape index (κ1) is 19.3. The molecule has 1 aromatic carbocycles. The van der Waals surface area contributed by atoms with Gasteiger partial charge in [-0.15, -0.1) is 0 Å². The highest BCUT2D eigenvalue weighted by atomic mass is 35.5. The average Bonchev–Trinajstić information content (AvgIpc) is 2.66. The Hall–Kier alpha value is -1.50. The third kappa shape index (κ3) is 3.77. The van der Waals surface area contributed by atoms with E-state index >= 15 is 0 Å². The Morgan fingerprint density at radius 2 is 2.23 bits per heavy atom. The molecule has 7 heteroatoms. The Morgan fingerprint density at radius 3 is 2.92 bits per heavy atom. The minimum absolute atomic E-state index is 0.00359. The number of hydrogen-bond donors (Lipinski definition) is 1. The zero-order chi connectivity index (χ0) is 18.7. The number of fused-ring (bicyclic) bond motifs is 1. The second-order valence-corrected chi connectivity index (χ2v) is 7.22. The van der Waals surface area contributed by atoms with Crippen molar-refractivity contribution in [3.8, 4) is 0 Å². The van der Waals surface area contributed by atoms with Crippen molar-refractivity contribution in [3.63, 3.8) is 0 Å². The van der Waals surface area contributed by atoms with Crippen LogP contribution < -0.4 is 10.9 Å². The fourth-order valence-corrected chi connectivity index (χ4v) is 3.93. The van der Waals surface area contributed by atoms with Gasteiger partial charge in [-0.3, -0.25) is 14.3 Å². The molecular formula is C19H26ClFN4O. The predicted octanol–water partition coefficient (Wildman–Crippen LogP) is 3.15. The summed E-state index contributed by atoms with van der Waals surface area (Å²) < 4.78 is 14.9. The summed E-state index contributed by atoms with van der Waals surface area (Å²) >= 11 is 6.07. The minimum atomic E-state index is -0.389. The van der Waals surface area contributed by atoms with E-state index in [0.717, 1.165) is 31.8 Å². The van der Waals surface area contributed by atoms with Gasteiger partial charge in [0.15, 0.2) is 0 Å². The van der Waals surface area contributed by atoms with Gasteiger partial charge in [0, 0.05) is 37.2 Å².